The predicted molar refractivity (Wildman–Crippen MR) is 107 cm³/mol. The summed E-state index contributed by atoms with van der Waals surface area (Å²) in [6, 6.07) is -0.216. The Balaban J connectivity index is 3.24. The van der Waals surface area contributed by atoms with Gasteiger partial charge in [0.25, 0.3) is 0 Å². The topological polar surface area (TPSA) is 43.1 Å². The average molecular weight is 338 g/mol. The second-order valence-corrected chi connectivity index (χ2v) is 7.20. The van der Waals surface area contributed by atoms with Crippen LogP contribution in [0.5, 0.6) is 0 Å². The molecular weight excluding hydrogens is 294 g/mol. The van der Waals surface area contributed by atoms with E-state index in [4.69, 9.17) is 5.73 Å². The SMILES string of the molecule is CCCCCCCCC=CCCCCCCCC(=O)C(N)CCC. The quantitative estimate of drug-likeness (QED) is 0.223. The summed E-state index contributed by atoms with van der Waals surface area (Å²) in [5.41, 5.74) is 5.83. The van der Waals surface area contributed by atoms with Crippen LogP contribution in [0.25, 0.3) is 0 Å². The Hall–Kier alpha value is -0.630. The summed E-state index contributed by atoms with van der Waals surface area (Å²) >= 11 is 0. The molecule has 0 radical (unpaired) electrons. The molecule has 2 nitrogen and oxygen atoms in total. The van der Waals surface area contributed by atoms with E-state index in [1.165, 1.54) is 77.0 Å². The minimum absolute atomic E-state index is 0.216. The highest BCUT2D eigenvalue weighted by molar-refractivity contribution is 5.83. The fourth-order valence-corrected chi connectivity index (χ4v) is 3.03. The van der Waals surface area contributed by atoms with Gasteiger partial charge < -0.3 is 5.73 Å². The van der Waals surface area contributed by atoms with Gasteiger partial charge in [0.2, 0.25) is 0 Å². The lowest BCUT2D eigenvalue weighted by molar-refractivity contribution is -0.120. The zero-order valence-corrected chi connectivity index (χ0v) is 16.5. The van der Waals surface area contributed by atoms with Crippen LogP contribution in [-0.4, -0.2) is 11.8 Å². The lowest BCUT2D eigenvalue weighted by Crippen LogP contribution is -2.29. The number of rotatable bonds is 18. The molecule has 0 amide bonds. The molecule has 0 rings (SSSR count). The predicted octanol–water partition coefficient (Wildman–Crippen LogP) is 6.72. The van der Waals surface area contributed by atoms with E-state index in [0.29, 0.717) is 6.42 Å². The molecule has 0 aliphatic rings. The smallest absolute Gasteiger partial charge is 0.149 e. The Morgan fingerprint density at radius 1 is 0.750 bits per heavy atom. The fourth-order valence-electron chi connectivity index (χ4n) is 3.03. The third-order valence-electron chi connectivity index (χ3n) is 4.70. The summed E-state index contributed by atoms with van der Waals surface area (Å²) in [5, 5.41) is 0. The highest BCUT2D eigenvalue weighted by Gasteiger charge is 2.11. The second-order valence-electron chi connectivity index (χ2n) is 7.20. The van der Waals surface area contributed by atoms with Crippen LogP contribution < -0.4 is 5.73 Å². The van der Waals surface area contributed by atoms with E-state index in [-0.39, 0.29) is 11.8 Å². The monoisotopic (exact) mass is 337 g/mol. The van der Waals surface area contributed by atoms with Crippen molar-refractivity contribution in [2.24, 2.45) is 5.73 Å². The summed E-state index contributed by atoms with van der Waals surface area (Å²) in [6.45, 7) is 4.35. The van der Waals surface area contributed by atoms with Crippen molar-refractivity contribution in [2.75, 3.05) is 0 Å². The number of carbonyl (C=O) groups excluding carboxylic acids is 1. The molecule has 0 aromatic rings. The van der Waals surface area contributed by atoms with Gasteiger partial charge in [-0.1, -0.05) is 83.8 Å². The van der Waals surface area contributed by atoms with Crippen LogP contribution in [0.3, 0.4) is 0 Å². The van der Waals surface area contributed by atoms with Crippen LogP contribution in [0.15, 0.2) is 12.2 Å². The lowest BCUT2D eigenvalue weighted by atomic mass is 10.0. The van der Waals surface area contributed by atoms with Crippen molar-refractivity contribution in [1.82, 2.24) is 0 Å². The van der Waals surface area contributed by atoms with Gasteiger partial charge in [-0.3, -0.25) is 4.79 Å². The van der Waals surface area contributed by atoms with E-state index in [1.807, 2.05) is 0 Å². The molecule has 2 N–H and O–H groups in total. The molecular formula is C22H43NO. The zero-order valence-electron chi connectivity index (χ0n) is 16.5. The van der Waals surface area contributed by atoms with Crippen LogP contribution in [0.4, 0.5) is 0 Å². The normalized spacial score (nSPS) is 12.8. The lowest BCUT2D eigenvalue weighted by Gasteiger charge is -2.08. The van der Waals surface area contributed by atoms with Gasteiger partial charge in [0.1, 0.15) is 5.78 Å². The average Bonchev–Trinajstić information content (AvgIpc) is 2.58. The second kappa shape index (κ2) is 18.7. The van der Waals surface area contributed by atoms with Gasteiger partial charge in [0.05, 0.1) is 6.04 Å². The summed E-state index contributed by atoms with van der Waals surface area (Å²) in [5.74, 6) is 0.259. The Morgan fingerprint density at radius 3 is 1.79 bits per heavy atom. The van der Waals surface area contributed by atoms with Crippen LogP contribution in [-0.2, 0) is 4.79 Å². The summed E-state index contributed by atoms with van der Waals surface area (Å²) in [7, 11) is 0. The van der Waals surface area contributed by atoms with E-state index in [2.05, 4.69) is 26.0 Å². The highest BCUT2D eigenvalue weighted by atomic mass is 16.1. The highest BCUT2D eigenvalue weighted by Crippen LogP contribution is 2.10. The number of carbonyl (C=O) groups is 1. The first-order valence-corrected chi connectivity index (χ1v) is 10.7. The van der Waals surface area contributed by atoms with Gasteiger partial charge in [0, 0.05) is 6.42 Å². The van der Waals surface area contributed by atoms with E-state index < -0.39 is 0 Å². The van der Waals surface area contributed by atoms with Gasteiger partial charge in [-0.2, -0.15) is 0 Å². The molecule has 0 aliphatic carbocycles. The van der Waals surface area contributed by atoms with Gasteiger partial charge in [-0.05, 0) is 38.5 Å². The van der Waals surface area contributed by atoms with E-state index in [0.717, 1.165) is 19.3 Å². The van der Waals surface area contributed by atoms with E-state index in [9.17, 15) is 4.79 Å². The molecule has 1 unspecified atom stereocenters. The number of hydrogen-bond acceptors (Lipinski definition) is 2. The van der Waals surface area contributed by atoms with Gasteiger partial charge >= 0.3 is 0 Å². The maximum Gasteiger partial charge on any atom is 0.149 e. The van der Waals surface area contributed by atoms with Crippen molar-refractivity contribution in [1.29, 1.82) is 0 Å². The Kier molecular flexibility index (Phi) is 18.2. The van der Waals surface area contributed by atoms with Crippen LogP contribution in [0, 0.1) is 0 Å². The summed E-state index contributed by atoms with van der Waals surface area (Å²) in [6.07, 6.45) is 24.0. The molecule has 0 saturated heterocycles. The third kappa shape index (κ3) is 16.2. The maximum absolute atomic E-state index is 11.7. The molecule has 0 aromatic carbocycles. The van der Waals surface area contributed by atoms with Crippen LogP contribution >= 0.6 is 0 Å². The minimum Gasteiger partial charge on any atom is -0.322 e. The van der Waals surface area contributed by atoms with E-state index in [1.54, 1.807) is 0 Å². The Labute approximate surface area is 151 Å². The van der Waals surface area contributed by atoms with Crippen LogP contribution in [0.2, 0.25) is 0 Å². The van der Waals surface area contributed by atoms with Crippen molar-refractivity contribution in [3.63, 3.8) is 0 Å². The Bertz CT molecular complexity index is 298. The standard InChI is InChI=1S/C22H43NO/c1-3-5-6-7-8-9-10-11-12-13-14-15-16-17-18-20-22(24)21(23)19-4-2/h11-12,21H,3-10,13-20,23H2,1-2H3. The van der Waals surface area contributed by atoms with Crippen molar-refractivity contribution in [3.8, 4) is 0 Å². The fraction of sp³-hybridized carbons (Fsp3) is 0.864. The zero-order chi connectivity index (χ0) is 17.9. The Morgan fingerprint density at radius 2 is 1.25 bits per heavy atom. The molecule has 0 bridgehead atoms. The van der Waals surface area contributed by atoms with Crippen molar-refractivity contribution in [2.45, 2.75) is 123 Å². The summed E-state index contributed by atoms with van der Waals surface area (Å²) < 4.78 is 0. The molecule has 0 aromatic heterocycles. The molecule has 0 saturated carbocycles. The minimum atomic E-state index is -0.216. The van der Waals surface area contributed by atoms with Gasteiger partial charge in [-0.15, -0.1) is 0 Å². The number of nitrogens with two attached hydrogens (primary N) is 1. The van der Waals surface area contributed by atoms with E-state index >= 15 is 0 Å². The first-order chi connectivity index (χ1) is 11.7. The van der Waals surface area contributed by atoms with Gasteiger partial charge in [0.15, 0.2) is 0 Å². The first kappa shape index (κ1) is 23.4. The number of unbranched alkanes of at least 4 members (excludes halogenated alkanes) is 11. The molecule has 0 heterocycles. The summed E-state index contributed by atoms with van der Waals surface area (Å²) in [4.78, 5) is 11.7. The number of ketones is 1. The largest absolute Gasteiger partial charge is 0.322 e. The first-order valence-electron chi connectivity index (χ1n) is 10.7. The molecule has 1 atom stereocenters. The molecule has 24 heavy (non-hydrogen) atoms. The molecule has 0 aliphatic heterocycles. The van der Waals surface area contributed by atoms with Crippen LogP contribution in [0.1, 0.15) is 117 Å². The molecule has 0 spiro atoms. The number of hydrogen-bond donors (Lipinski definition) is 1. The van der Waals surface area contributed by atoms with Crippen molar-refractivity contribution >= 4 is 5.78 Å². The number of allylic oxidation sites excluding steroid dienone is 2. The van der Waals surface area contributed by atoms with Crippen molar-refractivity contribution < 1.29 is 4.79 Å². The molecule has 0 fully saturated rings. The third-order valence-corrected chi connectivity index (χ3v) is 4.70. The maximum atomic E-state index is 11.7. The number of Topliss-reactive ketones (excluding diaryl/α,β-unsaturated/α-hetero) is 1. The molecule has 2 heteroatoms. The molecule has 142 valence electrons. The van der Waals surface area contributed by atoms with Gasteiger partial charge in [-0.25, -0.2) is 0 Å². The van der Waals surface area contributed by atoms with Crippen molar-refractivity contribution in [3.05, 3.63) is 12.2 Å².